The van der Waals surface area contributed by atoms with Crippen LogP contribution in [0.3, 0.4) is 0 Å². The first-order valence-electron chi connectivity index (χ1n) is 4.41. The summed E-state index contributed by atoms with van der Waals surface area (Å²) in [5.41, 5.74) is 27.8. The molecule has 6 nitrogen and oxygen atoms in total. The van der Waals surface area contributed by atoms with E-state index in [9.17, 15) is 0 Å². The summed E-state index contributed by atoms with van der Waals surface area (Å²) in [4.78, 5) is 0. The van der Waals surface area contributed by atoms with Crippen LogP contribution in [0.25, 0.3) is 0 Å². The molecule has 0 aromatic heterocycles. The fraction of sp³-hybridized carbons (Fsp3) is 1.00. The second-order valence-electron chi connectivity index (χ2n) is 4.23. The molecule has 2 heterocycles. The molecule has 13 heavy (non-hydrogen) atoms. The van der Waals surface area contributed by atoms with E-state index in [1.807, 2.05) is 0 Å². The van der Waals surface area contributed by atoms with Crippen molar-refractivity contribution >= 4 is 0 Å². The Labute approximate surface area is 76.7 Å². The van der Waals surface area contributed by atoms with Gasteiger partial charge in [0.2, 0.25) is 0 Å². The average molecular weight is 187 g/mol. The topological polar surface area (TPSA) is 139 Å². The summed E-state index contributed by atoms with van der Waals surface area (Å²) in [6.07, 6.45) is 0.380. The molecule has 76 valence electrons. The molecule has 2 bridgehead atoms. The molecule has 0 spiro atoms. The van der Waals surface area contributed by atoms with Gasteiger partial charge in [0.1, 0.15) is 12.0 Å². The average Bonchev–Trinajstić information content (AvgIpc) is 1.98. The Morgan fingerprint density at radius 3 is 2.15 bits per heavy atom. The number of hydrogen-bond donors (Lipinski definition) is 5. The van der Waals surface area contributed by atoms with Gasteiger partial charge < -0.3 is 33.4 Å². The molecule has 0 aromatic carbocycles. The number of rotatable bonds is 0. The maximum atomic E-state index is 6.02. The molecule has 3 aliphatic rings. The van der Waals surface area contributed by atoms with E-state index in [2.05, 4.69) is 0 Å². The highest BCUT2D eigenvalue weighted by atomic mass is 16.5. The van der Waals surface area contributed by atoms with Gasteiger partial charge in [-0.25, -0.2) is 0 Å². The normalized spacial score (nSPS) is 61.2. The van der Waals surface area contributed by atoms with Crippen molar-refractivity contribution in [3.8, 4) is 0 Å². The first kappa shape index (κ1) is 9.32. The van der Waals surface area contributed by atoms with Crippen molar-refractivity contribution in [2.75, 3.05) is 0 Å². The van der Waals surface area contributed by atoms with E-state index >= 15 is 0 Å². The van der Waals surface area contributed by atoms with Crippen molar-refractivity contribution in [1.82, 2.24) is 0 Å². The zero-order chi connectivity index (χ0) is 9.85. The number of nitrogens with two attached hydrogens (primary N) is 5. The van der Waals surface area contributed by atoms with Crippen LogP contribution in [0.5, 0.6) is 0 Å². The molecular formula is C7H17N5O. The zero-order valence-corrected chi connectivity index (χ0v) is 7.44. The minimum atomic E-state index is -0.889. The summed E-state index contributed by atoms with van der Waals surface area (Å²) in [5, 5.41) is 0. The first-order chi connectivity index (χ1) is 5.88. The Bertz CT molecular complexity index is 221. The second-order valence-corrected chi connectivity index (χ2v) is 4.23. The van der Waals surface area contributed by atoms with Crippen LogP contribution in [0.1, 0.15) is 12.8 Å². The van der Waals surface area contributed by atoms with Crippen LogP contribution in [0.4, 0.5) is 0 Å². The summed E-state index contributed by atoms with van der Waals surface area (Å²) >= 11 is 0. The summed E-state index contributed by atoms with van der Waals surface area (Å²) < 4.78 is 5.38. The van der Waals surface area contributed by atoms with E-state index in [4.69, 9.17) is 33.4 Å². The Kier molecular flexibility index (Phi) is 1.73. The van der Waals surface area contributed by atoms with Crippen molar-refractivity contribution in [3.63, 3.8) is 0 Å². The summed E-state index contributed by atoms with van der Waals surface area (Å²) in [6.45, 7) is 0. The number of ether oxygens (including phenoxy) is 1. The number of fused-ring (bicyclic) bond motifs is 3. The van der Waals surface area contributed by atoms with Crippen molar-refractivity contribution in [2.24, 2.45) is 28.7 Å². The largest absolute Gasteiger partial charge is 0.339 e. The smallest absolute Gasteiger partial charge is 0.135 e. The lowest BCUT2D eigenvalue weighted by Crippen LogP contribution is -2.83. The van der Waals surface area contributed by atoms with Gasteiger partial charge in [-0.15, -0.1) is 0 Å². The van der Waals surface area contributed by atoms with Gasteiger partial charge in [0.05, 0.1) is 5.54 Å². The first-order valence-corrected chi connectivity index (χ1v) is 4.41. The van der Waals surface area contributed by atoms with E-state index in [-0.39, 0.29) is 12.1 Å². The summed E-state index contributed by atoms with van der Waals surface area (Å²) in [5.74, 6) is 0. The zero-order valence-electron chi connectivity index (χ0n) is 7.44. The third-order valence-electron chi connectivity index (χ3n) is 3.31. The van der Waals surface area contributed by atoms with Gasteiger partial charge in [0, 0.05) is 18.5 Å². The Balaban J connectivity index is 2.34. The molecule has 3 rings (SSSR count). The molecule has 0 amide bonds. The number of hydrogen-bond acceptors (Lipinski definition) is 6. The van der Waals surface area contributed by atoms with Gasteiger partial charge in [0.15, 0.2) is 0 Å². The molecule has 0 radical (unpaired) electrons. The minimum absolute atomic E-state index is 0.235. The molecule has 0 aromatic rings. The van der Waals surface area contributed by atoms with Gasteiger partial charge in [-0.05, 0) is 6.42 Å². The molecule has 1 saturated carbocycles. The van der Waals surface area contributed by atoms with Crippen LogP contribution in [0.2, 0.25) is 0 Å². The minimum Gasteiger partial charge on any atom is -0.339 e. The van der Waals surface area contributed by atoms with Crippen LogP contribution >= 0.6 is 0 Å². The Morgan fingerprint density at radius 1 is 1.00 bits per heavy atom. The van der Waals surface area contributed by atoms with Crippen LogP contribution in [-0.2, 0) is 4.74 Å². The standard InChI is InChI=1S/C7H17N5O/c8-3-2-7(12)4(9)1-6(3,11)5(10)13-7/h3-5H,1-2,8-12H2. The highest BCUT2D eigenvalue weighted by Gasteiger charge is 2.59. The highest BCUT2D eigenvalue weighted by molar-refractivity contribution is 5.15. The Morgan fingerprint density at radius 2 is 1.62 bits per heavy atom. The summed E-state index contributed by atoms with van der Waals surface area (Å²) in [6, 6.07) is -0.516. The van der Waals surface area contributed by atoms with Gasteiger partial charge >= 0.3 is 0 Å². The van der Waals surface area contributed by atoms with E-state index in [1.165, 1.54) is 0 Å². The molecule has 5 unspecified atom stereocenters. The van der Waals surface area contributed by atoms with Crippen molar-refractivity contribution < 1.29 is 4.74 Å². The van der Waals surface area contributed by atoms with Crippen molar-refractivity contribution in [3.05, 3.63) is 0 Å². The molecule has 10 N–H and O–H groups in total. The molecular weight excluding hydrogens is 170 g/mol. The van der Waals surface area contributed by atoms with Crippen LogP contribution in [-0.4, -0.2) is 29.6 Å². The monoisotopic (exact) mass is 187 g/mol. The third-order valence-corrected chi connectivity index (χ3v) is 3.31. The molecule has 2 aliphatic heterocycles. The van der Waals surface area contributed by atoms with Gasteiger partial charge in [-0.2, -0.15) is 0 Å². The van der Waals surface area contributed by atoms with Gasteiger partial charge in [-0.1, -0.05) is 0 Å². The van der Waals surface area contributed by atoms with Gasteiger partial charge in [-0.3, -0.25) is 0 Å². The molecule has 1 aliphatic carbocycles. The van der Waals surface area contributed by atoms with Gasteiger partial charge in [0.25, 0.3) is 0 Å². The van der Waals surface area contributed by atoms with E-state index < -0.39 is 17.5 Å². The predicted octanol–water partition coefficient (Wildman–Crippen LogP) is -2.90. The lowest BCUT2D eigenvalue weighted by molar-refractivity contribution is -0.213. The highest BCUT2D eigenvalue weighted by Crippen LogP contribution is 2.40. The van der Waals surface area contributed by atoms with Crippen LogP contribution in [0, 0.1) is 0 Å². The molecule has 3 fully saturated rings. The lowest BCUT2D eigenvalue weighted by Gasteiger charge is -2.58. The molecule has 6 heteroatoms. The lowest BCUT2D eigenvalue weighted by atomic mass is 9.68. The van der Waals surface area contributed by atoms with E-state index in [1.54, 1.807) is 0 Å². The second kappa shape index (κ2) is 2.41. The quantitative estimate of drug-likeness (QED) is 0.276. The third kappa shape index (κ3) is 1.04. The molecule has 2 saturated heterocycles. The fourth-order valence-corrected chi connectivity index (χ4v) is 2.20. The van der Waals surface area contributed by atoms with E-state index in [0.29, 0.717) is 12.8 Å². The van der Waals surface area contributed by atoms with Crippen molar-refractivity contribution in [1.29, 1.82) is 0 Å². The Hall–Kier alpha value is -0.240. The summed E-state index contributed by atoms with van der Waals surface area (Å²) in [7, 11) is 0. The molecule has 5 atom stereocenters. The predicted molar refractivity (Wildman–Crippen MR) is 48.1 cm³/mol. The van der Waals surface area contributed by atoms with Crippen molar-refractivity contribution in [2.45, 2.75) is 42.4 Å². The fourth-order valence-electron chi connectivity index (χ4n) is 2.20. The van der Waals surface area contributed by atoms with E-state index in [0.717, 1.165) is 0 Å². The van der Waals surface area contributed by atoms with Crippen LogP contribution in [0.15, 0.2) is 0 Å². The SMILES string of the molecule is NC1CC2(N)C(N)CC1(N)OC2N. The van der Waals surface area contributed by atoms with Crippen LogP contribution < -0.4 is 28.7 Å². The maximum Gasteiger partial charge on any atom is 0.135 e. The maximum absolute atomic E-state index is 6.02.